The van der Waals surface area contributed by atoms with Crippen molar-refractivity contribution in [1.29, 1.82) is 0 Å². The van der Waals surface area contributed by atoms with Crippen LogP contribution in [0.2, 0.25) is 0 Å². The van der Waals surface area contributed by atoms with Gasteiger partial charge in [-0.2, -0.15) is 0 Å². The first-order chi connectivity index (χ1) is 14.1. The van der Waals surface area contributed by atoms with Gasteiger partial charge in [-0.3, -0.25) is 20.2 Å². The number of hydrogen-bond acceptors (Lipinski definition) is 10. The second-order valence-corrected chi connectivity index (χ2v) is 6.26. The van der Waals surface area contributed by atoms with Crippen LogP contribution in [0.5, 0.6) is 0 Å². The first-order valence-electron chi connectivity index (χ1n) is 8.65. The molecule has 13 heteroatoms. The summed E-state index contributed by atoms with van der Waals surface area (Å²) in [4.78, 5) is 48.5. The minimum Gasteiger partial charge on any atom is -0.462 e. The van der Waals surface area contributed by atoms with Gasteiger partial charge in [-0.15, -0.1) is 10.1 Å². The molecular weight excluding hydrogens is 404 g/mol. The number of nitro benzene ring substituents is 1. The van der Waals surface area contributed by atoms with E-state index in [0.717, 1.165) is 6.07 Å². The summed E-state index contributed by atoms with van der Waals surface area (Å²) in [6.45, 7) is 2.48. The van der Waals surface area contributed by atoms with Gasteiger partial charge in [0.2, 0.25) is 0 Å². The molecule has 0 amide bonds. The van der Waals surface area contributed by atoms with Gasteiger partial charge in [0.1, 0.15) is 5.92 Å². The molecule has 0 saturated heterocycles. The summed E-state index contributed by atoms with van der Waals surface area (Å²) in [6.07, 6.45) is 0.0327. The molecular formula is C17H18N4O9. The van der Waals surface area contributed by atoms with Gasteiger partial charge in [0.05, 0.1) is 34.3 Å². The van der Waals surface area contributed by atoms with Crippen molar-refractivity contribution in [2.24, 2.45) is 0 Å². The molecule has 1 aromatic carbocycles. The summed E-state index contributed by atoms with van der Waals surface area (Å²) >= 11 is 0. The Balaban J connectivity index is 2.38. The smallest absolute Gasteiger partial charge is 0.336 e. The number of rotatable bonds is 9. The topological polar surface area (TPSA) is 177 Å². The molecule has 0 unspecified atom stereocenters. The number of nitrogens with one attached hydrogen (secondary N) is 1. The maximum Gasteiger partial charge on any atom is 0.336 e. The predicted octanol–water partition coefficient (Wildman–Crippen LogP) is 2.21. The molecule has 1 aromatic rings. The van der Waals surface area contributed by atoms with Gasteiger partial charge >= 0.3 is 5.97 Å². The summed E-state index contributed by atoms with van der Waals surface area (Å²) in [5.74, 6) is -2.09. The van der Waals surface area contributed by atoms with Crippen molar-refractivity contribution in [3.8, 4) is 0 Å². The molecule has 13 nitrogen and oxygen atoms in total. The summed E-state index contributed by atoms with van der Waals surface area (Å²) in [5, 5.41) is 34.8. The molecule has 1 N–H and O–H groups in total. The summed E-state index contributed by atoms with van der Waals surface area (Å²) in [5.41, 5.74) is -0.0489. The van der Waals surface area contributed by atoms with Crippen LogP contribution in [0.4, 0.5) is 5.69 Å². The molecule has 0 spiro atoms. The molecule has 30 heavy (non-hydrogen) atoms. The Hall–Kier alpha value is -4.03. The van der Waals surface area contributed by atoms with Crippen LogP contribution >= 0.6 is 0 Å². The zero-order chi connectivity index (χ0) is 22.4. The van der Waals surface area contributed by atoms with Crippen molar-refractivity contribution in [1.82, 2.24) is 5.32 Å². The van der Waals surface area contributed by atoms with Crippen molar-refractivity contribution in [3.63, 3.8) is 0 Å². The highest BCUT2D eigenvalue weighted by atomic mass is 16.9. The highest BCUT2D eigenvalue weighted by molar-refractivity contribution is 5.92. The Morgan fingerprint density at radius 2 is 1.77 bits per heavy atom. The third kappa shape index (κ3) is 5.06. The van der Waals surface area contributed by atoms with Gasteiger partial charge in [0, 0.05) is 24.3 Å². The SMILES string of the molecule is CC1=C(C(=O)OCCCO[N+](=O)[O-])[C@H](c2cccc([N+](=O)[O-])c2)C([N+](=O)[O-])=C(C)N1. The number of hydrogen-bond donors (Lipinski definition) is 1. The number of benzene rings is 1. The summed E-state index contributed by atoms with van der Waals surface area (Å²) < 4.78 is 5.11. The molecule has 0 bridgehead atoms. The van der Waals surface area contributed by atoms with E-state index in [2.05, 4.69) is 10.2 Å². The van der Waals surface area contributed by atoms with E-state index in [9.17, 15) is 35.1 Å². The molecule has 1 atom stereocenters. The zero-order valence-corrected chi connectivity index (χ0v) is 16.0. The average molecular weight is 422 g/mol. The fourth-order valence-electron chi connectivity index (χ4n) is 3.08. The van der Waals surface area contributed by atoms with Gasteiger partial charge in [0.15, 0.2) is 0 Å². The van der Waals surface area contributed by atoms with E-state index in [1.54, 1.807) is 0 Å². The van der Waals surface area contributed by atoms with E-state index >= 15 is 0 Å². The Morgan fingerprint density at radius 1 is 1.07 bits per heavy atom. The van der Waals surface area contributed by atoms with Gasteiger partial charge in [-0.1, -0.05) is 12.1 Å². The lowest BCUT2D eigenvalue weighted by molar-refractivity contribution is -0.757. The van der Waals surface area contributed by atoms with Crippen LogP contribution in [-0.2, 0) is 14.4 Å². The number of carbonyl (C=O) groups is 1. The number of esters is 1. The van der Waals surface area contributed by atoms with Crippen LogP contribution in [-0.4, -0.2) is 34.1 Å². The normalized spacial score (nSPS) is 16.0. The third-order valence-electron chi connectivity index (χ3n) is 4.27. The van der Waals surface area contributed by atoms with Crippen LogP contribution in [0, 0.1) is 30.3 Å². The highest BCUT2D eigenvalue weighted by Crippen LogP contribution is 2.39. The lowest BCUT2D eigenvalue weighted by Gasteiger charge is -2.26. The first-order valence-corrected chi connectivity index (χ1v) is 8.65. The van der Waals surface area contributed by atoms with E-state index in [-0.39, 0.29) is 47.9 Å². The van der Waals surface area contributed by atoms with E-state index < -0.39 is 26.8 Å². The van der Waals surface area contributed by atoms with Crippen molar-refractivity contribution in [2.75, 3.05) is 13.2 Å². The number of allylic oxidation sites excluding steroid dienone is 3. The maximum atomic E-state index is 12.7. The Bertz CT molecular complexity index is 954. The van der Waals surface area contributed by atoms with E-state index in [1.807, 2.05) is 0 Å². The zero-order valence-electron chi connectivity index (χ0n) is 16.0. The van der Waals surface area contributed by atoms with Gasteiger partial charge in [-0.05, 0) is 19.4 Å². The predicted molar refractivity (Wildman–Crippen MR) is 99.9 cm³/mol. The fraction of sp³-hybridized carbons (Fsp3) is 0.353. The molecule has 0 saturated carbocycles. The van der Waals surface area contributed by atoms with Crippen molar-refractivity contribution in [3.05, 3.63) is 82.8 Å². The number of dihydropyridines is 1. The summed E-state index contributed by atoms with van der Waals surface area (Å²) in [6, 6.07) is 5.22. The number of carbonyl (C=O) groups excluding carboxylic acids is 1. The standard InChI is InChI=1S/C17H18N4O9/c1-10-14(17(22)29-7-4-8-30-21(27)28)15(16(20(25)26)11(2)18-10)12-5-3-6-13(9-12)19(23)24/h3,5-6,9,15,18H,4,7-8H2,1-2H3/t15-/m0/s1. The molecule has 0 radical (unpaired) electrons. The Kier molecular flexibility index (Phi) is 7.01. The van der Waals surface area contributed by atoms with Crippen LogP contribution < -0.4 is 5.32 Å². The molecule has 160 valence electrons. The third-order valence-corrected chi connectivity index (χ3v) is 4.27. The fourth-order valence-corrected chi connectivity index (χ4v) is 3.08. The van der Waals surface area contributed by atoms with Gasteiger partial charge in [0.25, 0.3) is 16.5 Å². The lowest BCUT2D eigenvalue weighted by atomic mass is 9.84. The number of nitro groups is 2. The van der Waals surface area contributed by atoms with E-state index in [1.165, 1.54) is 32.0 Å². The highest BCUT2D eigenvalue weighted by Gasteiger charge is 2.41. The first kappa shape index (κ1) is 22.3. The number of ether oxygens (including phenoxy) is 1. The molecule has 2 rings (SSSR count). The van der Waals surface area contributed by atoms with Crippen LogP contribution in [0.15, 0.2) is 46.9 Å². The van der Waals surface area contributed by atoms with Gasteiger partial charge in [-0.25, -0.2) is 4.79 Å². The van der Waals surface area contributed by atoms with E-state index in [0.29, 0.717) is 5.70 Å². The van der Waals surface area contributed by atoms with E-state index in [4.69, 9.17) is 4.74 Å². The van der Waals surface area contributed by atoms with Crippen LogP contribution in [0.3, 0.4) is 0 Å². The van der Waals surface area contributed by atoms with Crippen molar-refractivity contribution >= 4 is 11.7 Å². The molecule has 0 aliphatic carbocycles. The molecule has 1 aliphatic heterocycles. The van der Waals surface area contributed by atoms with Crippen molar-refractivity contribution < 1.29 is 29.3 Å². The number of non-ortho nitro benzene ring substituents is 1. The molecule has 0 aromatic heterocycles. The Labute approximate surface area is 169 Å². The van der Waals surface area contributed by atoms with Crippen molar-refractivity contribution in [2.45, 2.75) is 26.2 Å². The molecule has 1 heterocycles. The van der Waals surface area contributed by atoms with Crippen LogP contribution in [0.1, 0.15) is 31.7 Å². The molecule has 0 fully saturated rings. The lowest BCUT2D eigenvalue weighted by Crippen LogP contribution is -2.31. The summed E-state index contributed by atoms with van der Waals surface area (Å²) in [7, 11) is 0. The quantitative estimate of drug-likeness (QED) is 0.268. The maximum absolute atomic E-state index is 12.7. The second-order valence-electron chi connectivity index (χ2n) is 6.26. The number of nitrogens with zero attached hydrogens (tertiary/aromatic N) is 3. The molecule has 1 aliphatic rings. The minimum absolute atomic E-state index is 0.0327. The monoisotopic (exact) mass is 422 g/mol. The van der Waals surface area contributed by atoms with Crippen LogP contribution in [0.25, 0.3) is 0 Å². The average Bonchev–Trinajstić information content (AvgIpc) is 2.66. The Morgan fingerprint density at radius 3 is 2.37 bits per heavy atom. The van der Waals surface area contributed by atoms with Gasteiger partial charge < -0.3 is 14.9 Å². The second kappa shape index (κ2) is 9.45. The largest absolute Gasteiger partial charge is 0.462 e. The minimum atomic E-state index is -1.20.